The maximum Gasteiger partial charge on any atom is 0.240 e. The molecule has 130 valence electrons. The van der Waals surface area contributed by atoms with E-state index in [1.807, 2.05) is 0 Å². The van der Waals surface area contributed by atoms with Crippen molar-refractivity contribution in [3.63, 3.8) is 0 Å². The first-order chi connectivity index (χ1) is 11.5. The molecule has 0 saturated carbocycles. The van der Waals surface area contributed by atoms with Gasteiger partial charge in [-0.15, -0.1) is 0 Å². The third-order valence-corrected chi connectivity index (χ3v) is 5.47. The average molecular weight is 356 g/mol. The molecule has 3 rings (SSSR count). The van der Waals surface area contributed by atoms with Crippen LogP contribution in [0.5, 0.6) is 0 Å². The van der Waals surface area contributed by atoms with E-state index >= 15 is 0 Å². The first-order valence-electron chi connectivity index (χ1n) is 7.69. The van der Waals surface area contributed by atoms with Crippen LogP contribution in [-0.4, -0.2) is 33.0 Å². The SMILES string of the molecule is O=S(=O)(NC[C@@H](c1ccco1)N1CCCC1)c1cc(F)cc(F)c1. The summed E-state index contributed by atoms with van der Waals surface area (Å²) in [5, 5.41) is 0. The molecule has 24 heavy (non-hydrogen) atoms. The second-order valence-corrected chi connectivity index (χ2v) is 7.50. The van der Waals surface area contributed by atoms with Crippen molar-refractivity contribution < 1.29 is 21.6 Å². The van der Waals surface area contributed by atoms with Crippen LogP contribution in [0.15, 0.2) is 45.9 Å². The van der Waals surface area contributed by atoms with Crippen molar-refractivity contribution in [1.29, 1.82) is 0 Å². The lowest BCUT2D eigenvalue weighted by molar-refractivity contribution is 0.216. The van der Waals surface area contributed by atoms with Crippen molar-refractivity contribution >= 4 is 10.0 Å². The van der Waals surface area contributed by atoms with E-state index in [2.05, 4.69) is 9.62 Å². The second kappa shape index (κ2) is 7.00. The number of furan rings is 1. The van der Waals surface area contributed by atoms with E-state index in [4.69, 9.17) is 4.42 Å². The Hall–Kier alpha value is -1.77. The van der Waals surface area contributed by atoms with Gasteiger partial charge in [-0.3, -0.25) is 4.90 Å². The van der Waals surface area contributed by atoms with E-state index in [9.17, 15) is 17.2 Å². The zero-order valence-electron chi connectivity index (χ0n) is 12.9. The molecular formula is C16H18F2N2O3S. The summed E-state index contributed by atoms with van der Waals surface area (Å²) in [7, 11) is -4.02. The summed E-state index contributed by atoms with van der Waals surface area (Å²) in [4.78, 5) is 1.70. The Kier molecular flexibility index (Phi) is 4.98. The minimum absolute atomic E-state index is 0.0635. The number of nitrogens with one attached hydrogen (secondary N) is 1. The molecular weight excluding hydrogens is 338 g/mol. The van der Waals surface area contributed by atoms with Crippen LogP contribution in [0, 0.1) is 11.6 Å². The molecule has 1 aromatic carbocycles. The molecule has 0 radical (unpaired) electrons. The van der Waals surface area contributed by atoms with Crippen LogP contribution in [0.2, 0.25) is 0 Å². The van der Waals surface area contributed by atoms with E-state index < -0.39 is 26.6 Å². The highest BCUT2D eigenvalue weighted by atomic mass is 32.2. The van der Waals surface area contributed by atoms with Gasteiger partial charge in [-0.1, -0.05) is 0 Å². The molecule has 1 fully saturated rings. The Morgan fingerprint density at radius 3 is 2.42 bits per heavy atom. The lowest BCUT2D eigenvalue weighted by Gasteiger charge is -2.25. The van der Waals surface area contributed by atoms with Crippen molar-refractivity contribution in [2.45, 2.75) is 23.8 Å². The smallest absolute Gasteiger partial charge is 0.240 e. The van der Waals surface area contributed by atoms with Gasteiger partial charge in [0.25, 0.3) is 0 Å². The van der Waals surface area contributed by atoms with E-state index in [1.54, 1.807) is 12.1 Å². The standard InChI is InChI=1S/C16H18F2N2O3S/c17-12-8-13(18)10-14(9-12)24(21,22)19-11-15(16-4-3-7-23-16)20-5-1-2-6-20/h3-4,7-10,15,19H,1-2,5-6,11H2/t15-/m0/s1. The Labute approximate surface area is 139 Å². The quantitative estimate of drug-likeness (QED) is 0.864. The van der Waals surface area contributed by atoms with Crippen LogP contribution >= 0.6 is 0 Å². The summed E-state index contributed by atoms with van der Waals surface area (Å²) in [6.45, 7) is 1.76. The number of hydrogen-bond acceptors (Lipinski definition) is 4. The van der Waals surface area contributed by atoms with E-state index in [1.165, 1.54) is 6.26 Å². The summed E-state index contributed by atoms with van der Waals surface area (Å²) in [5.74, 6) is -1.21. The van der Waals surface area contributed by atoms with Crippen LogP contribution in [0.3, 0.4) is 0 Å². The number of likely N-dealkylation sites (tertiary alicyclic amines) is 1. The van der Waals surface area contributed by atoms with Crippen molar-refractivity contribution in [2.75, 3.05) is 19.6 Å². The number of nitrogens with zero attached hydrogens (tertiary/aromatic N) is 1. The van der Waals surface area contributed by atoms with Crippen LogP contribution in [0.4, 0.5) is 8.78 Å². The third-order valence-electron chi connectivity index (χ3n) is 4.07. The molecule has 2 aromatic rings. The van der Waals surface area contributed by atoms with Gasteiger partial charge >= 0.3 is 0 Å². The molecule has 0 unspecified atom stereocenters. The van der Waals surface area contributed by atoms with E-state index in [0.717, 1.165) is 38.1 Å². The highest BCUT2D eigenvalue weighted by Crippen LogP contribution is 2.25. The number of sulfonamides is 1. The summed E-state index contributed by atoms with van der Waals surface area (Å²) in [6, 6.07) is 5.51. The van der Waals surface area contributed by atoms with Gasteiger partial charge in [-0.2, -0.15) is 0 Å². The Morgan fingerprint density at radius 2 is 1.83 bits per heavy atom. The van der Waals surface area contributed by atoms with Crippen LogP contribution in [0.25, 0.3) is 0 Å². The molecule has 5 nitrogen and oxygen atoms in total. The lowest BCUT2D eigenvalue weighted by Crippen LogP contribution is -2.36. The van der Waals surface area contributed by atoms with Crippen LogP contribution in [0.1, 0.15) is 24.6 Å². The fourth-order valence-electron chi connectivity index (χ4n) is 2.90. The number of rotatable bonds is 6. The highest BCUT2D eigenvalue weighted by Gasteiger charge is 2.27. The molecule has 0 spiro atoms. The highest BCUT2D eigenvalue weighted by molar-refractivity contribution is 7.89. The molecule has 1 aromatic heterocycles. The third kappa shape index (κ3) is 3.82. The first kappa shape index (κ1) is 17.1. The number of halogens is 2. The van der Waals surface area contributed by atoms with Gasteiger partial charge in [0, 0.05) is 12.6 Å². The van der Waals surface area contributed by atoms with Gasteiger partial charge in [0.05, 0.1) is 17.2 Å². The molecule has 2 heterocycles. The molecule has 1 N–H and O–H groups in total. The molecule has 0 amide bonds. The Balaban J connectivity index is 1.78. The minimum Gasteiger partial charge on any atom is -0.468 e. The van der Waals surface area contributed by atoms with Crippen molar-refractivity contribution in [2.24, 2.45) is 0 Å². The summed E-state index contributed by atoms with van der Waals surface area (Å²) >= 11 is 0. The van der Waals surface area contributed by atoms with Gasteiger partial charge in [0.2, 0.25) is 10.0 Å². The second-order valence-electron chi connectivity index (χ2n) is 5.73. The van der Waals surface area contributed by atoms with Crippen molar-refractivity contribution in [3.05, 3.63) is 54.0 Å². The molecule has 1 saturated heterocycles. The summed E-state index contributed by atoms with van der Waals surface area (Å²) in [5.41, 5.74) is 0. The Bertz CT molecular complexity index is 767. The predicted molar refractivity (Wildman–Crippen MR) is 83.8 cm³/mol. The molecule has 8 heteroatoms. The maximum absolute atomic E-state index is 13.3. The lowest BCUT2D eigenvalue weighted by atomic mass is 10.2. The monoisotopic (exact) mass is 356 g/mol. The zero-order valence-corrected chi connectivity index (χ0v) is 13.7. The fourth-order valence-corrected chi connectivity index (χ4v) is 3.98. The average Bonchev–Trinajstić information content (AvgIpc) is 3.20. The first-order valence-corrected chi connectivity index (χ1v) is 9.17. The van der Waals surface area contributed by atoms with E-state index in [-0.39, 0.29) is 12.6 Å². The predicted octanol–water partition coefficient (Wildman–Crippen LogP) is 2.67. The van der Waals surface area contributed by atoms with Crippen LogP contribution in [-0.2, 0) is 10.0 Å². The minimum atomic E-state index is -4.02. The van der Waals surface area contributed by atoms with Gasteiger partial charge in [-0.25, -0.2) is 21.9 Å². The molecule has 1 aliphatic rings. The number of benzene rings is 1. The molecule has 1 aliphatic heterocycles. The van der Waals surface area contributed by atoms with Gasteiger partial charge < -0.3 is 4.42 Å². The summed E-state index contributed by atoms with van der Waals surface area (Å²) < 4.78 is 59.1. The van der Waals surface area contributed by atoms with Crippen LogP contribution < -0.4 is 4.72 Å². The zero-order chi connectivity index (χ0) is 17.2. The largest absolute Gasteiger partial charge is 0.468 e. The Morgan fingerprint density at radius 1 is 1.17 bits per heavy atom. The van der Waals surface area contributed by atoms with Crippen molar-refractivity contribution in [1.82, 2.24) is 9.62 Å². The summed E-state index contributed by atoms with van der Waals surface area (Å²) in [6.07, 6.45) is 3.62. The fraction of sp³-hybridized carbons (Fsp3) is 0.375. The molecule has 1 atom stereocenters. The van der Waals surface area contributed by atoms with Gasteiger partial charge in [0.15, 0.2) is 0 Å². The van der Waals surface area contributed by atoms with Gasteiger partial charge in [-0.05, 0) is 50.2 Å². The molecule has 0 aliphatic carbocycles. The topological polar surface area (TPSA) is 62.6 Å². The maximum atomic E-state index is 13.3. The van der Waals surface area contributed by atoms with E-state index in [0.29, 0.717) is 11.8 Å². The normalized spacial score (nSPS) is 17.2. The van der Waals surface area contributed by atoms with Crippen molar-refractivity contribution in [3.8, 4) is 0 Å². The molecule has 0 bridgehead atoms. The van der Waals surface area contributed by atoms with Gasteiger partial charge in [0.1, 0.15) is 17.4 Å². The number of hydrogen-bond donors (Lipinski definition) is 1.